The van der Waals surface area contributed by atoms with Gasteiger partial charge in [0.1, 0.15) is 30.5 Å². The van der Waals surface area contributed by atoms with Crippen LogP contribution in [0.5, 0.6) is 5.75 Å². The zero-order valence-corrected chi connectivity index (χ0v) is 16.5. The van der Waals surface area contributed by atoms with Gasteiger partial charge in [0.15, 0.2) is 0 Å². The molecule has 0 atom stereocenters. The van der Waals surface area contributed by atoms with Gasteiger partial charge in [-0.05, 0) is 26.0 Å². The Morgan fingerprint density at radius 2 is 1.81 bits per heavy atom. The van der Waals surface area contributed by atoms with E-state index in [0.29, 0.717) is 24.5 Å². The van der Waals surface area contributed by atoms with E-state index in [1.165, 1.54) is 6.20 Å². The molecule has 1 aromatic rings. The maximum atomic E-state index is 14.6. The lowest BCUT2D eigenvalue weighted by Gasteiger charge is -2.20. The van der Waals surface area contributed by atoms with Crippen LogP contribution < -0.4 is 10.5 Å². The Hall–Kier alpha value is -2.64. The van der Waals surface area contributed by atoms with Gasteiger partial charge >= 0.3 is 6.09 Å². The van der Waals surface area contributed by atoms with Crippen LogP contribution in [0.1, 0.15) is 45.1 Å². The van der Waals surface area contributed by atoms with Crippen molar-refractivity contribution in [3.63, 3.8) is 0 Å². The molecular formula is C19H28FN3O4. The van der Waals surface area contributed by atoms with E-state index in [1.54, 1.807) is 37.8 Å². The van der Waals surface area contributed by atoms with Crippen molar-refractivity contribution in [1.82, 2.24) is 9.88 Å². The summed E-state index contributed by atoms with van der Waals surface area (Å²) in [5, 5.41) is 0. The number of aromatic nitrogens is 1. The van der Waals surface area contributed by atoms with Crippen molar-refractivity contribution in [2.75, 3.05) is 26.3 Å². The summed E-state index contributed by atoms with van der Waals surface area (Å²) in [6.07, 6.45) is 0.410. The zero-order chi connectivity index (χ0) is 20.6. The Bertz CT molecular complexity index is 677. The molecule has 7 nitrogen and oxygen atoms in total. The number of carbonyl (C=O) groups excluding carboxylic acids is 2. The molecule has 0 radical (unpaired) electrons. The fourth-order valence-corrected chi connectivity index (χ4v) is 2.29. The van der Waals surface area contributed by atoms with Crippen LogP contribution in [0, 0.1) is 5.41 Å². The van der Waals surface area contributed by atoms with Gasteiger partial charge in [0, 0.05) is 24.1 Å². The van der Waals surface area contributed by atoms with Crippen molar-refractivity contribution in [2.45, 2.75) is 34.6 Å². The third kappa shape index (κ3) is 6.88. The maximum Gasteiger partial charge on any atom is 0.404 e. The molecule has 2 N–H and O–H groups in total. The molecule has 0 aliphatic carbocycles. The first-order valence-corrected chi connectivity index (χ1v) is 8.78. The average Bonchev–Trinajstić information content (AvgIpc) is 2.61. The van der Waals surface area contributed by atoms with Crippen LogP contribution in [0.25, 0.3) is 0 Å². The first-order valence-electron chi connectivity index (χ1n) is 8.78. The highest BCUT2D eigenvalue weighted by molar-refractivity contribution is 5.92. The minimum absolute atomic E-state index is 0.137. The SMILES string of the molecule is CCN(CC)C(=O)c1ccc(OCC(COC(N)=O)=C(F)C(C)(C)C)cn1. The van der Waals surface area contributed by atoms with Crippen LogP contribution in [0.2, 0.25) is 0 Å². The average molecular weight is 381 g/mol. The van der Waals surface area contributed by atoms with Gasteiger partial charge in [-0.25, -0.2) is 14.2 Å². The van der Waals surface area contributed by atoms with Gasteiger partial charge in [0.2, 0.25) is 0 Å². The summed E-state index contributed by atoms with van der Waals surface area (Å²) >= 11 is 0. The van der Waals surface area contributed by atoms with Crippen molar-refractivity contribution >= 4 is 12.0 Å². The summed E-state index contributed by atoms with van der Waals surface area (Å²) in [5.41, 5.74) is 4.67. The van der Waals surface area contributed by atoms with E-state index in [9.17, 15) is 14.0 Å². The number of pyridine rings is 1. The van der Waals surface area contributed by atoms with Gasteiger partial charge in [-0.2, -0.15) is 0 Å². The molecule has 0 saturated heterocycles. The molecule has 0 saturated carbocycles. The Morgan fingerprint density at radius 3 is 2.26 bits per heavy atom. The third-order valence-corrected chi connectivity index (χ3v) is 3.78. The zero-order valence-electron chi connectivity index (χ0n) is 16.5. The second-order valence-corrected chi connectivity index (χ2v) is 6.92. The number of nitrogens with two attached hydrogens (primary N) is 1. The summed E-state index contributed by atoms with van der Waals surface area (Å²) in [6, 6.07) is 3.14. The predicted octanol–water partition coefficient (Wildman–Crippen LogP) is 3.31. The molecule has 0 bridgehead atoms. The first kappa shape index (κ1) is 22.4. The lowest BCUT2D eigenvalue weighted by molar-refractivity contribution is 0.0767. The number of hydrogen-bond acceptors (Lipinski definition) is 5. The number of nitrogens with zero attached hydrogens (tertiary/aromatic N) is 2. The van der Waals surface area contributed by atoms with Gasteiger partial charge in [0.25, 0.3) is 5.91 Å². The van der Waals surface area contributed by atoms with Crippen molar-refractivity contribution in [3.05, 3.63) is 35.4 Å². The fourth-order valence-electron chi connectivity index (χ4n) is 2.29. The van der Waals surface area contributed by atoms with Gasteiger partial charge in [-0.15, -0.1) is 0 Å². The number of allylic oxidation sites excluding steroid dienone is 1. The number of ether oxygens (including phenoxy) is 2. The molecule has 0 fully saturated rings. The topological polar surface area (TPSA) is 94.8 Å². The van der Waals surface area contributed by atoms with Crippen LogP contribution in [0.15, 0.2) is 29.7 Å². The molecule has 0 unspecified atom stereocenters. The number of amides is 2. The van der Waals surface area contributed by atoms with Gasteiger partial charge < -0.3 is 20.1 Å². The quantitative estimate of drug-likeness (QED) is 0.745. The third-order valence-electron chi connectivity index (χ3n) is 3.78. The first-order chi connectivity index (χ1) is 12.6. The van der Waals surface area contributed by atoms with Gasteiger partial charge in [-0.1, -0.05) is 20.8 Å². The lowest BCUT2D eigenvalue weighted by Crippen LogP contribution is -2.31. The van der Waals surface area contributed by atoms with E-state index in [0.717, 1.165) is 0 Å². The molecule has 0 spiro atoms. The molecule has 1 rings (SSSR count). The molecule has 0 aliphatic rings. The van der Waals surface area contributed by atoms with Gasteiger partial charge in [-0.3, -0.25) is 4.79 Å². The minimum atomic E-state index is -0.991. The van der Waals surface area contributed by atoms with Crippen LogP contribution in [0.4, 0.5) is 9.18 Å². The van der Waals surface area contributed by atoms with Crippen molar-refractivity contribution in [2.24, 2.45) is 11.1 Å². The van der Waals surface area contributed by atoms with Crippen LogP contribution in [-0.2, 0) is 4.74 Å². The van der Waals surface area contributed by atoms with Crippen LogP contribution in [0.3, 0.4) is 0 Å². The number of rotatable bonds is 8. The number of hydrogen-bond donors (Lipinski definition) is 1. The fraction of sp³-hybridized carbons (Fsp3) is 0.526. The number of carbonyl (C=O) groups is 2. The molecule has 2 amide bonds. The van der Waals surface area contributed by atoms with E-state index < -0.39 is 17.3 Å². The Labute approximate surface area is 159 Å². The van der Waals surface area contributed by atoms with Crippen molar-refractivity contribution < 1.29 is 23.5 Å². The monoisotopic (exact) mass is 381 g/mol. The van der Waals surface area contributed by atoms with Crippen molar-refractivity contribution in [1.29, 1.82) is 0 Å². The standard InChI is InChI=1S/C19H28FN3O4/c1-6-23(7-2)17(24)15-9-8-14(10-22-15)26-11-13(12-27-18(21)25)16(20)19(3,4)5/h8-10H,6-7,11-12H2,1-5H3,(H2,21,25). The highest BCUT2D eigenvalue weighted by Gasteiger charge is 2.23. The summed E-state index contributed by atoms with van der Waals surface area (Å²) < 4.78 is 24.8. The molecule has 150 valence electrons. The Balaban J connectivity index is 2.87. The summed E-state index contributed by atoms with van der Waals surface area (Å²) in [6.45, 7) is 9.62. The molecule has 1 aromatic heterocycles. The lowest BCUT2D eigenvalue weighted by atomic mass is 9.92. The van der Waals surface area contributed by atoms with E-state index in [1.807, 2.05) is 13.8 Å². The normalized spacial score (nSPS) is 12.2. The largest absolute Gasteiger partial charge is 0.487 e. The molecular weight excluding hydrogens is 353 g/mol. The molecule has 1 heterocycles. The van der Waals surface area contributed by atoms with Gasteiger partial charge in [0.05, 0.1) is 6.20 Å². The number of primary amides is 1. The minimum Gasteiger partial charge on any atom is -0.487 e. The predicted molar refractivity (Wildman–Crippen MR) is 100 cm³/mol. The van der Waals surface area contributed by atoms with E-state index in [-0.39, 0.29) is 24.7 Å². The second kappa shape index (κ2) is 9.89. The van der Waals surface area contributed by atoms with E-state index >= 15 is 0 Å². The highest BCUT2D eigenvalue weighted by atomic mass is 19.1. The maximum absolute atomic E-state index is 14.6. The molecule has 27 heavy (non-hydrogen) atoms. The Kier molecular flexibility index (Phi) is 8.21. The summed E-state index contributed by atoms with van der Waals surface area (Å²) in [4.78, 5) is 28.8. The van der Waals surface area contributed by atoms with Crippen LogP contribution in [-0.4, -0.2) is 48.2 Å². The summed E-state index contributed by atoms with van der Waals surface area (Å²) in [7, 11) is 0. The molecule has 0 aliphatic heterocycles. The smallest absolute Gasteiger partial charge is 0.404 e. The van der Waals surface area contributed by atoms with Crippen LogP contribution >= 0.6 is 0 Å². The van der Waals surface area contributed by atoms with E-state index in [4.69, 9.17) is 15.2 Å². The number of halogens is 1. The highest BCUT2D eigenvalue weighted by Crippen LogP contribution is 2.29. The van der Waals surface area contributed by atoms with Crippen molar-refractivity contribution in [3.8, 4) is 5.75 Å². The molecule has 0 aromatic carbocycles. The second-order valence-electron chi connectivity index (χ2n) is 6.92. The Morgan fingerprint density at radius 1 is 1.19 bits per heavy atom. The van der Waals surface area contributed by atoms with E-state index in [2.05, 4.69) is 4.98 Å². The summed E-state index contributed by atoms with van der Waals surface area (Å²) in [5.74, 6) is -0.241. The molecule has 8 heteroatoms.